The number of ether oxygens (including phenoxy) is 5. The number of hydrogen-bond acceptors (Lipinski definition) is 22. The minimum absolute atomic E-state index is 0.842. The van der Waals surface area contributed by atoms with Crippen LogP contribution < -0.4 is 16.0 Å². The molecule has 3 unspecified atom stereocenters. The summed E-state index contributed by atoms with van der Waals surface area (Å²) in [6.07, 6.45) is -30.5. The van der Waals surface area contributed by atoms with Crippen molar-refractivity contribution in [1.82, 2.24) is 16.0 Å². The maximum atomic E-state index is 13.0. The number of rotatable bonds is 19. The number of nitrogens with one attached hydrogen (secondary N) is 3. The molecule has 0 radical (unpaired) electrons. The van der Waals surface area contributed by atoms with E-state index in [9.17, 15) is 100 Å². The second-order valence-electron chi connectivity index (χ2n) is 14.8. The summed E-state index contributed by atoms with van der Waals surface area (Å²) in [5, 5.41) is 155. The number of aliphatic carboxylic acids is 3. The molecular formula is C33H53N3O25. The van der Waals surface area contributed by atoms with E-state index >= 15 is 0 Å². The van der Waals surface area contributed by atoms with E-state index in [4.69, 9.17) is 23.7 Å². The van der Waals surface area contributed by atoms with E-state index in [0.717, 1.165) is 20.8 Å². The fourth-order valence-corrected chi connectivity index (χ4v) is 7.32. The Labute approximate surface area is 344 Å². The van der Waals surface area contributed by atoms with Crippen molar-refractivity contribution in [2.75, 3.05) is 19.8 Å². The van der Waals surface area contributed by atoms with E-state index in [1.807, 2.05) is 0 Å². The molecule has 0 spiro atoms. The van der Waals surface area contributed by atoms with E-state index in [1.54, 1.807) is 0 Å². The minimum Gasteiger partial charge on any atom is -0.477 e. The molecule has 0 aromatic carbocycles. The Morgan fingerprint density at radius 1 is 0.557 bits per heavy atom. The number of carboxylic acids is 3. The number of amides is 3. The first kappa shape index (κ1) is 51.5. The smallest absolute Gasteiger partial charge is 0.364 e. The molecule has 3 fully saturated rings. The van der Waals surface area contributed by atoms with Gasteiger partial charge in [-0.15, -0.1) is 0 Å². The Kier molecular flexibility index (Phi) is 17.4. The summed E-state index contributed by atoms with van der Waals surface area (Å²) in [6, 6.07) is -5.34. The van der Waals surface area contributed by atoms with Crippen LogP contribution in [0.25, 0.3) is 0 Å². The van der Waals surface area contributed by atoms with Crippen LogP contribution in [0.15, 0.2) is 0 Å². The molecule has 28 heteroatoms. The van der Waals surface area contributed by atoms with Crippen molar-refractivity contribution in [3.63, 3.8) is 0 Å². The number of carbonyl (C=O) groups is 6. The van der Waals surface area contributed by atoms with Crippen molar-refractivity contribution in [2.45, 2.75) is 149 Å². The lowest BCUT2D eigenvalue weighted by atomic mass is 9.86. The van der Waals surface area contributed by atoms with Gasteiger partial charge in [-0.2, -0.15) is 0 Å². The van der Waals surface area contributed by atoms with E-state index in [2.05, 4.69) is 16.0 Å². The van der Waals surface area contributed by atoms with Gasteiger partial charge in [0.1, 0.15) is 54.9 Å². The predicted molar refractivity (Wildman–Crippen MR) is 188 cm³/mol. The van der Waals surface area contributed by atoms with Gasteiger partial charge in [0.05, 0.1) is 56.3 Å². The highest BCUT2D eigenvalue weighted by atomic mass is 16.8. The molecule has 18 atom stereocenters. The van der Waals surface area contributed by atoms with Crippen molar-refractivity contribution in [1.29, 1.82) is 0 Å². The van der Waals surface area contributed by atoms with Crippen molar-refractivity contribution < 1.29 is 124 Å². The van der Waals surface area contributed by atoms with E-state index in [-0.39, 0.29) is 0 Å². The quantitative estimate of drug-likeness (QED) is 0.0572. The predicted octanol–water partition coefficient (Wildman–Crippen LogP) is -9.52. The maximum Gasteiger partial charge on any atom is 0.364 e. The average Bonchev–Trinajstić information content (AvgIpc) is 3.17. The maximum absolute atomic E-state index is 13.0. The topological polar surface area (TPSA) is 468 Å². The van der Waals surface area contributed by atoms with Gasteiger partial charge >= 0.3 is 17.9 Å². The highest BCUT2D eigenvalue weighted by molar-refractivity contribution is 5.78. The summed E-state index contributed by atoms with van der Waals surface area (Å²) in [5.41, 5.74) is 0. The van der Waals surface area contributed by atoms with Gasteiger partial charge < -0.3 is 111 Å². The minimum atomic E-state index is -3.35. The lowest BCUT2D eigenvalue weighted by Crippen LogP contribution is -2.71. The SMILES string of the molecule is CC(=O)N[C@H]1C([C@@H](O)[C@H](O)CO)O[C@@](O[C@H](CO)[C@H](O)C2O[C@@](O[C@H](CO)[C@H](O)C3O[C@@](O)(C(=O)O)C[C@@H](O)[C@H]3NC(C)=O)(C(=O)O)C[C@@H](O)[C@H]2NC(C)=O)(C(=O)O)C[C@H]1O. The van der Waals surface area contributed by atoms with Crippen LogP contribution in [-0.2, 0) is 52.5 Å². The molecule has 3 aliphatic heterocycles. The Hall–Kier alpha value is -3.82. The molecule has 3 heterocycles. The molecule has 0 saturated carbocycles. The van der Waals surface area contributed by atoms with Crippen molar-refractivity contribution in [3.05, 3.63) is 0 Å². The number of aliphatic hydroxyl groups is 11. The largest absolute Gasteiger partial charge is 0.477 e. The molecular weight excluding hydrogens is 838 g/mol. The van der Waals surface area contributed by atoms with E-state index in [0.29, 0.717) is 0 Å². The van der Waals surface area contributed by atoms with Gasteiger partial charge in [-0.25, -0.2) is 14.4 Å². The molecule has 0 aromatic rings. The number of carboxylic acid groups (broad SMARTS) is 3. The van der Waals surface area contributed by atoms with Crippen LogP contribution in [-0.4, -0.2) is 236 Å². The summed E-state index contributed by atoms with van der Waals surface area (Å²) in [7, 11) is 0. The summed E-state index contributed by atoms with van der Waals surface area (Å²) < 4.78 is 27.3. The molecule has 0 bridgehead atoms. The Bertz CT molecular complexity index is 1590. The van der Waals surface area contributed by atoms with Crippen LogP contribution in [0.2, 0.25) is 0 Å². The standard InChI is InChI=1S/C33H53N3O25/c1-10(40)34-19-13(43)4-31(56,28(50)51)59-26(19)23(48)17(8-38)57-33(30(54)55)6-15(45)21(36-12(3)42)27(61-33)24(49)18(9-39)58-32(29(52)53)5-14(44)20(35-11(2)41)25(60-32)22(47)16(46)7-37/h13-27,37-39,43-49,56H,4-9H2,1-3H3,(H,34,40)(H,35,41)(H,36,42)(H,50,51)(H,52,53)(H,54,55)/t13-,14-,15-,16-,17-,18-,19-,20-,21-,22+,23+,24+,25?,26?,27?,31-,32-,33-/m1/s1. The monoisotopic (exact) mass is 891 g/mol. The third-order valence-corrected chi connectivity index (χ3v) is 10.2. The fraction of sp³-hybridized carbons (Fsp3) is 0.818. The van der Waals surface area contributed by atoms with Crippen molar-refractivity contribution >= 4 is 35.6 Å². The third kappa shape index (κ3) is 11.4. The molecule has 0 aliphatic carbocycles. The van der Waals surface area contributed by atoms with Gasteiger partial charge in [-0.1, -0.05) is 0 Å². The van der Waals surface area contributed by atoms with Crippen LogP contribution >= 0.6 is 0 Å². The summed E-state index contributed by atoms with van der Waals surface area (Å²) in [6.45, 7) is -1.20. The van der Waals surface area contributed by atoms with Gasteiger partial charge in [-0.05, 0) is 0 Å². The zero-order chi connectivity index (χ0) is 46.5. The Morgan fingerprint density at radius 2 is 0.885 bits per heavy atom. The molecule has 350 valence electrons. The van der Waals surface area contributed by atoms with Crippen LogP contribution in [0.3, 0.4) is 0 Å². The lowest BCUT2D eigenvalue weighted by molar-refractivity contribution is -0.356. The zero-order valence-corrected chi connectivity index (χ0v) is 32.7. The van der Waals surface area contributed by atoms with E-state index < -0.39 is 183 Å². The molecule has 61 heavy (non-hydrogen) atoms. The Balaban J connectivity index is 2.08. The number of hydrogen-bond donors (Lipinski definition) is 17. The van der Waals surface area contributed by atoms with Crippen molar-refractivity contribution in [2.24, 2.45) is 0 Å². The first-order valence-corrected chi connectivity index (χ1v) is 18.5. The normalized spacial score (nSPS) is 37.2. The average molecular weight is 892 g/mol. The number of aliphatic hydroxyl groups excluding tert-OH is 10. The van der Waals surface area contributed by atoms with Crippen molar-refractivity contribution in [3.8, 4) is 0 Å². The Morgan fingerprint density at radius 3 is 1.18 bits per heavy atom. The second kappa shape index (κ2) is 20.6. The lowest BCUT2D eigenvalue weighted by Gasteiger charge is -2.50. The highest BCUT2D eigenvalue weighted by Gasteiger charge is 2.62. The van der Waals surface area contributed by atoms with Gasteiger partial charge in [0.2, 0.25) is 17.7 Å². The first-order valence-electron chi connectivity index (χ1n) is 18.5. The summed E-state index contributed by atoms with van der Waals surface area (Å²) in [5.74, 6) is -18.9. The molecule has 17 N–H and O–H groups in total. The fourth-order valence-electron chi connectivity index (χ4n) is 7.32. The molecule has 3 aliphatic rings. The van der Waals surface area contributed by atoms with Gasteiger partial charge in [0.25, 0.3) is 17.4 Å². The van der Waals surface area contributed by atoms with Crippen LogP contribution in [0, 0.1) is 0 Å². The summed E-state index contributed by atoms with van der Waals surface area (Å²) >= 11 is 0. The molecule has 28 nitrogen and oxygen atoms in total. The molecule has 3 amide bonds. The van der Waals surface area contributed by atoms with Gasteiger partial charge in [0.15, 0.2) is 0 Å². The van der Waals surface area contributed by atoms with Crippen LogP contribution in [0.4, 0.5) is 0 Å². The zero-order valence-electron chi connectivity index (χ0n) is 32.7. The van der Waals surface area contributed by atoms with Gasteiger partial charge in [-0.3, -0.25) is 14.4 Å². The second-order valence-corrected chi connectivity index (χ2v) is 14.8. The van der Waals surface area contributed by atoms with Crippen LogP contribution in [0.1, 0.15) is 40.0 Å². The van der Waals surface area contributed by atoms with E-state index in [1.165, 1.54) is 0 Å². The van der Waals surface area contributed by atoms with Crippen LogP contribution in [0.5, 0.6) is 0 Å². The third-order valence-electron chi connectivity index (χ3n) is 10.2. The molecule has 0 aromatic heterocycles. The number of carbonyl (C=O) groups excluding carboxylic acids is 3. The molecule has 3 rings (SSSR count). The highest BCUT2D eigenvalue weighted by Crippen LogP contribution is 2.39. The molecule has 3 saturated heterocycles. The van der Waals surface area contributed by atoms with Gasteiger partial charge in [0, 0.05) is 40.0 Å². The summed E-state index contributed by atoms with van der Waals surface area (Å²) in [4.78, 5) is 73.8. The first-order chi connectivity index (χ1) is 28.2.